The molecule has 0 atom stereocenters. The first-order chi connectivity index (χ1) is 14.4. The van der Waals surface area contributed by atoms with Crippen LogP contribution < -0.4 is 9.62 Å². The van der Waals surface area contributed by atoms with Crippen molar-refractivity contribution in [3.05, 3.63) is 71.2 Å². The van der Waals surface area contributed by atoms with E-state index in [2.05, 4.69) is 16.6 Å². The molecule has 7 nitrogen and oxygen atoms in total. The van der Waals surface area contributed by atoms with Gasteiger partial charge in [-0.05, 0) is 29.5 Å². The minimum Gasteiger partial charge on any atom is -0.478 e. The molecule has 0 aliphatic heterocycles. The van der Waals surface area contributed by atoms with Crippen LogP contribution in [0.2, 0.25) is 0 Å². The summed E-state index contributed by atoms with van der Waals surface area (Å²) in [5.41, 5.74) is 1.10. The predicted octanol–water partition coefficient (Wildman–Crippen LogP) is 4.45. The number of carbonyl (C=O) groups is 1. The maximum atomic E-state index is 12.5. The Morgan fingerprint density at radius 1 is 1.20 bits per heavy atom. The lowest BCUT2D eigenvalue weighted by Gasteiger charge is -2.25. The Hall–Kier alpha value is -2.91. The number of pyridine rings is 1. The monoisotopic (exact) mass is 445 g/mol. The number of sulfonamides is 1. The summed E-state index contributed by atoms with van der Waals surface area (Å²) in [6.07, 6.45) is 3.18. The number of rotatable bonds is 10. The molecule has 0 amide bonds. The fraction of sp³-hybridized carbons (Fsp3) is 0.238. The quantitative estimate of drug-likeness (QED) is 0.478. The van der Waals surface area contributed by atoms with Gasteiger partial charge in [-0.15, -0.1) is 11.3 Å². The highest BCUT2D eigenvalue weighted by Gasteiger charge is 2.21. The van der Waals surface area contributed by atoms with Crippen molar-refractivity contribution in [1.29, 1.82) is 0 Å². The second kappa shape index (κ2) is 9.73. The molecule has 3 aromatic rings. The second-order valence-electron chi connectivity index (χ2n) is 6.70. The SMILES string of the molecule is CCCCN(Cc1ccccc1)c1ncc(NS(=O)(=O)c2cccs2)cc1C(=O)O. The summed E-state index contributed by atoms with van der Waals surface area (Å²) >= 11 is 1.08. The number of unbranched alkanes of at least 4 members (excludes halogenated alkanes) is 1. The normalized spacial score (nSPS) is 11.2. The van der Waals surface area contributed by atoms with E-state index in [4.69, 9.17) is 0 Å². The smallest absolute Gasteiger partial charge is 0.339 e. The van der Waals surface area contributed by atoms with Gasteiger partial charge in [-0.3, -0.25) is 4.72 Å². The van der Waals surface area contributed by atoms with Crippen molar-refractivity contribution in [3.8, 4) is 0 Å². The van der Waals surface area contributed by atoms with Gasteiger partial charge in [-0.1, -0.05) is 49.7 Å². The molecule has 0 fully saturated rings. The molecular formula is C21H23N3O4S2. The Balaban J connectivity index is 1.93. The zero-order valence-corrected chi connectivity index (χ0v) is 18.1. The minimum absolute atomic E-state index is 0.0478. The van der Waals surface area contributed by atoms with Crippen LogP contribution in [0.25, 0.3) is 0 Å². The molecule has 30 heavy (non-hydrogen) atoms. The Labute approximate surface area is 180 Å². The minimum atomic E-state index is -3.79. The van der Waals surface area contributed by atoms with Gasteiger partial charge in [0.15, 0.2) is 0 Å². The third-order valence-corrected chi connectivity index (χ3v) is 7.19. The number of aromatic carboxylic acids is 1. The summed E-state index contributed by atoms with van der Waals surface area (Å²) in [7, 11) is -3.79. The molecule has 2 aromatic heterocycles. The molecule has 0 aliphatic carbocycles. The van der Waals surface area contributed by atoms with E-state index in [0.717, 1.165) is 29.7 Å². The van der Waals surface area contributed by atoms with Gasteiger partial charge in [0.25, 0.3) is 10.0 Å². The van der Waals surface area contributed by atoms with E-state index in [-0.39, 0.29) is 15.5 Å². The summed E-state index contributed by atoms with van der Waals surface area (Å²) < 4.78 is 27.5. The number of carboxylic acid groups (broad SMARTS) is 1. The maximum absolute atomic E-state index is 12.5. The van der Waals surface area contributed by atoms with Gasteiger partial charge < -0.3 is 10.0 Å². The zero-order chi connectivity index (χ0) is 21.6. The molecule has 158 valence electrons. The summed E-state index contributed by atoms with van der Waals surface area (Å²) in [4.78, 5) is 18.2. The molecule has 0 radical (unpaired) electrons. The molecular weight excluding hydrogens is 422 g/mol. The van der Waals surface area contributed by atoms with Gasteiger partial charge in [-0.25, -0.2) is 18.2 Å². The fourth-order valence-electron chi connectivity index (χ4n) is 2.96. The van der Waals surface area contributed by atoms with Crippen molar-refractivity contribution in [1.82, 2.24) is 4.98 Å². The van der Waals surface area contributed by atoms with Gasteiger partial charge in [0.1, 0.15) is 15.6 Å². The van der Waals surface area contributed by atoms with Crippen LogP contribution in [0.15, 0.2) is 64.3 Å². The van der Waals surface area contributed by atoms with E-state index < -0.39 is 16.0 Å². The number of hydrogen-bond acceptors (Lipinski definition) is 6. The van der Waals surface area contributed by atoms with Crippen LogP contribution in [0.5, 0.6) is 0 Å². The highest BCUT2D eigenvalue weighted by molar-refractivity contribution is 7.94. The number of benzene rings is 1. The number of thiophene rings is 1. The average molecular weight is 446 g/mol. The largest absolute Gasteiger partial charge is 0.478 e. The molecule has 0 saturated heterocycles. The van der Waals surface area contributed by atoms with E-state index in [1.807, 2.05) is 35.2 Å². The number of hydrogen-bond donors (Lipinski definition) is 2. The first-order valence-corrected chi connectivity index (χ1v) is 11.9. The van der Waals surface area contributed by atoms with Gasteiger partial charge >= 0.3 is 5.97 Å². The van der Waals surface area contributed by atoms with Gasteiger partial charge in [-0.2, -0.15) is 0 Å². The number of carboxylic acids is 1. The van der Waals surface area contributed by atoms with Crippen LogP contribution >= 0.6 is 11.3 Å². The Bertz CT molecular complexity index is 1080. The van der Waals surface area contributed by atoms with Crippen LogP contribution in [0.1, 0.15) is 35.7 Å². The standard InChI is InChI=1S/C21H23N3O4S2/c1-2-3-11-24(15-16-8-5-4-6-9-16)20-18(21(25)26)13-17(14-22-20)23-30(27,28)19-10-7-12-29-19/h4-10,12-14,23H,2-3,11,15H2,1H3,(H,25,26). The van der Waals surface area contributed by atoms with E-state index >= 15 is 0 Å². The molecule has 0 unspecified atom stereocenters. The van der Waals surface area contributed by atoms with E-state index in [1.54, 1.807) is 11.4 Å². The van der Waals surface area contributed by atoms with E-state index in [0.29, 0.717) is 18.9 Å². The van der Waals surface area contributed by atoms with E-state index in [9.17, 15) is 18.3 Å². The molecule has 0 spiro atoms. The van der Waals surface area contributed by atoms with Crippen LogP contribution in [-0.2, 0) is 16.6 Å². The number of anilines is 2. The van der Waals surface area contributed by atoms with Crippen molar-refractivity contribution >= 4 is 38.8 Å². The molecule has 2 heterocycles. The van der Waals surface area contributed by atoms with Gasteiger partial charge in [0.05, 0.1) is 11.9 Å². The average Bonchev–Trinajstić information content (AvgIpc) is 3.28. The molecule has 0 bridgehead atoms. The number of aromatic nitrogens is 1. The number of nitrogens with zero attached hydrogens (tertiary/aromatic N) is 2. The summed E-state index contributed by atoms with van der Waals surface area (Å²) in [5, 5.41) is 11.4. The lowest BCUT2D eigenvalue weighted by molar-refractivity contribution is 0.0697. The van der Waals surface area contributed by atoms with Crippen LogP contribution in [0.3, 0.4) is 0 Å². The van der Waals surface area contributed by atoms with Crippen LogP contribution in [0, 0.1) is 0 Å². The topological polar surface area (TPSA) is 99.6 Å². The lowest BCUT2D eigenvalue weighted by atomic mass is 10.1. The molecule has 3 rings (SSSR count). The van der Waals surface area contributed by atoms with Gasteiger partial charge in [0.2, 0.25) is 0 Å². The first-order valence-electron chi connectivity index (χ1n) is 9.49. The third kappa shape index (κ3) is 5.37. The predicted molar refractivity (Wildman–Crippen MR) is 119 cm³/mol. The summed E-state index contributed by atoms with van der Waals surface area (Å²) in [5.74, 6) is -0.844. The summed E-state index contributed by atoms with van der Waals surface area (Å²) in [6, 6.07) is 14.2. The zero-order valence-electron chi connectivity index (χ0n) is 16.5. The first kappa shape index (κ1) is 21.8. The lowest BCUT2D eigenvalue weighted by Crippen LogP contribution is -2.27. The van der Waals surface area contributed by atoms with Crippen molar-refractivity contribution in [3.63, 3.8) is 0 Å². The van der Waals surface area contributed by atoms with Crippen molar-refractivity contribution in [2.24, 2.45) is 0 Å². The Morgan fingerprint density at radius 3 is 2.60 bits per heavy atom. The highest BCUT2D eigenvalue weighted by Crippen LogP contribution is 2.26. The van der Waals surface area contributed by atoms with Gasteiger partial charge in [0, 0.05) is 13.1 Å². The maximum Gasteiger partial charge on any atom is 0.339 e. The Morgan fingerprint density at radius 2 is 1.97 bits per heavy atom. The van der Waals surface area contributed by atoms with Crippen molar-refractivity contribution < 1.29 is 18.3 Å². The highest BCUT2D eigenvalue weighted by atomic mass is 32.2. The van der Waals surface area contributed by atoms with E-state index in [1.165, 1.54) is 18.3 Å². The third-order valence-electron chi connectivity index (χ3n) is 4.41. The van der Waals surface area contributed by atoms with Crippen molar-refractivity contribution in [2.75, 3.05) is 16.2 Å². The second-order valence-corrected chi connectivity index (χ2v) is 9.56. The van der Waals surface area contributed by atoms with Crippen LogP contribution in [-0.4, -0.2) is 31.0 Å². The van der Waals surface area contributed by atoms with Crippen molar-refractivity contribution in [2.45, 2.75) is 30.5 Å². The fourth-order valence-corrected chi connectivity index (χ4v) is 4.98. The molecule has 1 aromatic carbocycles. The molecule has 9 heteroatoms. The molecule has 0 aliphatic rings. The molecule has 0 saturated carbocycles. The molecule has 2 N–H and O–H groups in total. The van der Waals surface area contributed by atoms with Crippen LogP contribution in [0.4, 0.5) is 11.5 Å². The summed E-state index contributed by atoms with van der Waals surface area (Å²) in [6.45, 7) is 3.21. The Kier molecular flexibility index (Phi) is 7.07. The number of nitrogens with one attached hydrogen (secondary N) is 1.